The quantitative estimate of drug-likeness (QED) is 0.404. The summed E-state index contributed by atoms with van der Waals surface area (Å²) in [4.78, 5) is 45.7. The summed E-state index contributed by atoms with van der Waals surface area (Å²) in [6, 6.07) is 8.18. The normalized spacial score (nSPS) is 15.7. The second-order valence-corrected chi connectivity index (χ2v) is 6.50. The van der Waals surface area contributed by atoms with E-state index in [2.05, 4.69) is 0 Å². The van der Waals surface area contributed by atoms with E-state index in [1.807, 2.05) is 0 Å². The van der Waals surface area contributed by atoms with Crippen molar-refractivity contribution in [3.8, 4) is 0 Å². The number of furan rings is 1. The SMILES string of the molecule is O=C1S/C(=C\C=C\c2ccc([N+](=O)[O-])o2)C(=O)N1Cc1ccc([N+](=O)[O-])cc1. The lowest BCUT2D eigenvalue weighted by Gasteiger charge is -2.12. The van der Waals surface area contributed by atoms with Crippen LogP contribution in [-0.2, 0) is 11.3 Å². The Hall–Kier alpha value is -3.73. The molecule has 1 fully saturated rings. The maximum absolute atomic E-state index is 12.4. The minimum absolute atomic E-state index is 0.00586. The number of nitro groups is 2. The van der Waals surface area contributed by atoms with Crippen molar-refractivity contribution in [2.24, 2.45) is 0 Å². The first kappa shape index (κ1) is 19.0. The highest BCUT2D eigenvalue weighted by Gasteiger charge is 2.34. The average molecular weight is 401 g/mol. The van der Waals surface area contributed by atoms with E-state index in [0.717, 1.165) is 16.7 Å². The van der Waals surface area contributed by atoms with Crippen LogP contribution in [0.1, 0.15) is 11.3 Å². The van der Waals surface area contributed by atoms with Crippen molar-refractivity contribution in [2.45, 2.75) is 6.54 Å². The number of benzene rings is 1. The molecule has 3 rings (SSSR count). The number of non-ortho nitro benzene ring substituents is 1. The predicted octanol–water partition coefficient (Wildman–Crippen LogP) is 3.89. The first-order valence-electron chi connectivity index (χ1n) is 7.75. The van der Waals surface area contributed by atoms with Gasteiger partial charge in [0.2, 0.25) is 0 Å². The van der Waals surface area contributed by atoms with Crippen LogP contribution >= 0.6 is 11.8 Å². The van der Waals surface area contributed by atoms with Crippen molar-refractivity contribution >= 4 is 40.6 Å². The summed E-state index contributed by atoms with van der Waals surface area (Å²) in [7, 11) is 0. The minimum atomic E-state index is -0.666. The Morgan fingerprint density at radius 1 is 1.04 bits per heavy atom. The highest BCUT2D eigenvalue weighted by atomic mass is 32.2. The Labute approximate surface area is 161 Å². The van der Waals surface area contributed by atoms with Crippen molar-refractivity contribution < 1.29 is 23.9 Å². The Morgan fingerprint density at radius 2 is 1.75 bits per heavy atom. The summed E-state index contributed by atoms with van der Waals surface area (Å²) in [5.74, 6) is -0.667. The van der Waals surface area contributed by atoms with Crippen molar-refractivity contribution in [1.29, 1.82) is 0 Å². The molecular formula is C17H11N3O7S. The van der Waals surface area contributed by atoms with Crippen molar-refractivity contribution in [3.05, 3.63) is 85.0 Å². The third kappa shape index (κ3) is 4.15. The number of nitrogens with zero attached hydrogens (tertiary/aromatic N) is 3. The molecule has 2 heterocycles. The van der Waals surface area contributed by atoms with Gasteiger partial charge in [-0.2, -0.15) is 0 Å². The number of imide groups is 1. The molecule has 28 heavy (non-hydrogen) atoms. The van der Waals surface area contributed by atoms with E-state index in [9.17, 15) is 29.8 Å². The minimum Gasteiger partial charge on any atom is -0.401 e. The molecule has 0 spiro atoms. The number of carbonyl (C=O) groups is 2. The van der Waals surface area contributed by atoms with Crippen LogP contribution in [0.15, 0.2) is 57.9 Å². The molecular weight excluding hydrogens is 390 g/mol. The molecule has 1 aromatic carbocycles. The monoisotopic (exact) mass is 401 g/mol. The average Bonchev–Trinajstić information content (AvgIpc) is 3.23. The van der Waals surface area contributed by atoms with Crippen LogP contribution in [0.5, 0.6) is 0 Å². The lowest BCUT2D eigenvalue weighted by molar-refractivity contribution is -0.402. The Morgan fingerprint density at radius 3 is 2.36 bits per heavy atom. The molecule has 10 nitrogen and oxygen atoms in total. The maximum Gasteiger partial charge on any atom is 0.433 e. The van der Waals surface area contributed by atoms with Crippen molar-refractivity contribution in [3.63, 3.8) is 0 Å². The van der Waals surface area contributed by atoms with Gasteiger partial charge in [-0.15, -0.1) is 0 Å². The van der Waals surface area contributed by atoms with Gasteiger partial charge in [-0.1, -0.05) is 18.2 Å². The number of carbonyl (C=O) groups excluding carboxylic acids is 2. The topological polar surface area (TPSA) is 137 Å². The largest absolute Gasteiger partial charge is 0.433 e. The molecule has 1 aliphatic rings. The molecule has 0 radical (unpaired) electrons. The molecule has 2 aromatic rings. The molecule has 11 heteroatoms. The molecule has 0 atom stereocenters. The van der Waals surface area contributed by atoms with Crippen LogP contribution in [0.4, 0.5) is 16.4 Å². The van der Waals surface area contributed by atoms with E-state index in [1.165, 1.54) is 54.6 Å². The van der Waals surface area contributed by atoms with E-state index in [-0.39, 0.29) is 22.9 Å². The Bertz CT molecular complexity index is 1020. The zero-order chi connectivity index (χ0) is 20.3. The van der Waals surface area contributed by atoms with Gasteiger partial charge in [-0.25, -0.2) is 0 Å². The Kier molecular flexibility index (Phi) is 5.36. The second-order valence-electron chi connectivity index (χ2n) is 5.51. The van der Waals surface area contributed by atoms with Gasteiger partial charge in [0.25, 0.3) is 16.8 Å². The van der Waals surface area contributed by atoms with Gasteiger partial charge in [0.15, 0.2) is 0 Å². The molecule has 2 amide bonds. The summed E-state index contributed by atoms with van der Waals surface area (Å²) >= 11 is 0.755. The summed E-state index contributed by atoms with van der Waals surface area (Å²) in [6.45, 7) is -0.00586. The zero-order valence-electron chi connectivity index (χ0n) is 14.0. The van der Waals surface area contributed by atoms with Gasteiger partial charge in [-0.05, 0) is 35.5 Å². The summed E-state index contributed by atoms with van der Waals surface area (Å²) < 4.78 is 4.95. The first-order chi connectivity index (χ1) is 13.3. The van der Waals surface area contributed by atoms with Crippen LogP contribution in [0, 0.1) is 20.2 Å². The van der Waals surface area contributed by atoms with E-state index in [4.69, 9.17) is 4.42 Å². The molecule has 0 unspecified atom stereocenters. The van der Waals surface area contributed by atoms with Crippen LogP contribution in [0.25, 0.3) is 6.08 Å². The third-order valence-electron chi connectivity index (χ3n) is 3.66. The highest BCUT2D eigenvalue weighted by molar-refractivity contribution is 8.18. The van der Waals surface area contributed by atoms with Crippen molar-refractivity contribution in [2.75, 3.05) is 0 Å². The van der Waals surface area contributed by atoms with Gasteiger partial charge >= 0.3 is 5.88 Å². The van der Waals surface area contributed by atoms with Crippen LogP contribution < -0.4 is 0 Å². The lowest BCUT2D eigenvalue weighted by Crippen LogP contribution is -2.27. The molecule has 0 N–H and O–H groups in total. The fourth-order valence-electron chi connectivity index (χ4n) is 2.32. The zero-order valence-corrected chi connectivity index (χ0v) is 14.8. The molecule has 1 aliphatic heterocycles. The van der Waals surface area contributed by atoms with E-state index in [1.54, 1.807) is 0 Å². The molecule has 1 aromatic heterocycles. The molecule has 142 valence electrons. The van der Waals surface area contributed by atoms with E-state index < -0.39 is 26.9 Å². The van der Waals surface area contributed by atoms with E-state index in [0.29, 0.717) is 5.56 Å². The summed E-state index contributed by atoms with van der Waals surface area (Å²) in [5, 5.41) is 20.8. The van der Waals surface area contributed by atoms with Crippen molar-refractivity contribution in [1.82, 2.24) is 4.90 Å². The van der Waals surface area contributed by atoms with Crippen LogP contribution in [0.2, 0.25) is 0 Å². The standard InChI is InChI=1S/C17H11N3O7S/c21-16-14(3-1-2-13-8-9-15(27-13)20(25)26)28-17(22)18(16)10-11-4-6-12(7-5-11)19(23)24/h1-9H,10H2/b2-1+,14-3-. The highest BCUT2D eigenvalue weighted by Crippen LogP contribution is 2.32. The van der Waals surface area contributed by atoms with Gasteiger partial charge < -0.3 is 4.42 Å². The number of rotatable bonds is 6. The van der Waals surface area contributed by atoms with E-state index >= 15 is 0 Å². The van der Waals surface area contributed by atoms with Gasteiger partial charge in [-0.3, -0.25) is 34.7 Å². The number of nitro benzene ring substituents is 1. The molecule has 0 saturated carbocycles. The number of thioether (sulfide) groups is 1. The summed E-state index contributed by atoms with van der Waals surface area (Å²) in [5.41, 5.74) is 0.494. The predicted molar refractivity (Wildman–Crippen MR) is 99.1 cm³/mol. The van der Waals surface area contributed by atoms with Crippen LogP contribution in [0.3, 0.4) is 0 Å². The number of hydrogen-bond donors (Lipinski definition) is 0. The fraction of sp³-hybridized carbons (Fsp3) is 0.0588. The smallest absolute Gasteiger partial charge is 0.401 e. The van der Waals surface area contributed by atoms with Gasteiger partial charge in [0.1, 0.15) is 10.7 Å². The number of hydrogen-bond acceptors (Lipinski definition) is 8. The molecule has 1 saturated heterocycles. The molecule has 0 aliphatic carbocycles. The third-order valence-corrected chi connectivity index (χ3v) is 4.59. The summed E-state index contributed by atoms with van der Waals surface area (Å²) in [6.07, 6.45) is 4.29. The van der Waals surface area contributed by atoms with Gasteiger partial charge in [0, 0.05) is 12.1 Å². The number of amides is 2. The second kappa shape index (κ2) is 7.88. The fourth-order valence-corrected chi connectivity index (χ4v) is 3.11. The van der Waals surface area contributed by atoms with Crippen LogP contribution in [-0.4, -0.2) is 25.9 Å². The molecule has 0 bridgehead atoms. The number of allylic oxidation sites excluding steroid dienone is 2. The Balaban J connectivity index is 1.68. The first-order valence-corrected chi connectivity index (χ1v) is 8.56. The maximum atomic E-state index is 12.4. The van der Waals surface area contributed by atoms with Gasteiger partial charge in [0.05, 0.1) is 22.4 Å². The lowest BCUT2D eigenvalue weighted by atomic mass is 10.2.